The topological polar surface area (TPSA) is 88.7 Å². The van der Waals surface area contributed by atoms with Gasteiger partial charge in [-0.1, -0.05) is 36.5 Å². The molecular formula is C21H23Cl2N3O4S. The summed E-state index contributed by atoms with van der Waals surface area (Å²) in [7, 11) is 2.93. The van der Waals surface area contributed by atoms with E-state index in [1.807, 2.05) is 6.92 Å². The Morgan fingerprint density at radius 2 is 1.71 bits per heavy atom. The van der Waals surface area contributed by atoms with Gasteiger partial charge in [0.2, 0.25) is 5.91 Å². The molecule has 3 N–H and O–H groups in total. The summed E-state index contributed by atoms with van der Waals surface area (Å²) in [6.07, 6.45) is 2.19. The van der Waals surface area contributed by atoms with E-state index in [1.54, 1.807) is 18.2 Å². The quantitative estimate of drug-likeness (QED) is 0.443. The van der Waals surface area contributed by atoms with E-state index in [-0.39, 0.29) is 32.4 Å². The SMILES string of the molecule is CCCCC(=O)Nc1ccc(NC(=S)NC(=O)c2cc(Cl)c(OC)c(Cl)c2)cc1OC. The molecule has 0 heterocycles. The predicted octanol–water partition coefficient (Wildman–Crippen LogP) is 5.27. The number of methoxy groups -OCH3 is 2. The van der Waals surface area contributed by atoms with Crippen molar-refractivity contribution in [2.24, 2.45) is 0 Å². The Kier molecular flexibility index (Phi) is 9.36. The van der Waals surface area contributed by atoms with Gasteiger partial charge in [-0.3, -0.25) is 14.9 Å². The van der Waals surface area contributed by atoms with Crippen molar-refractivity contribution in [3.05, 3.63) is 45.9 Å². The minimum Gasteiger partial charge on any atom is -0.494 e. The molecule has 0 saturated carbocycles. The van der Waals surface area contributed by atoms with Gasteiger partial charge in [-0.15, -0.1) is 0 Å². The number of hydrogen-bond acceptors (Lipinski definition) is 5. The number of anilines is 2. The van der Waals surface area contributed by atoms with Crippen molar-refractivity contribution >= 4 is 63.7 Å². The maximum Gasteiger partial charge on any atom is 0.257 e. The van der Waals surface area contributed by atoms with Gasteiger partial charge < -0.3 is 20.1 Å². The molecule has 0 aliphatic rings. The summed E-state index contributed by atoms with van der Waals surface area (Å²) in [4.78, 5) is 24.4. The Morgan fingerprint density at radius 1 is 1.03 bits per heavy atom. The number of benzene rings is 2. The Balaban J connectivity index is 2.05. The molecule has 10 heteroatoms. The Hall–Kier alpha value is -2.55. The molecule has 0 atom stereocenters. The van der Waals surface area contributed by atoms with Gasteiger partial charge in [0, 0.05) is 23.7 Å². The van der Waals surface area contributed by atoms with E-state index in [4.69, 9.17) is 44.9 Å². The third-order valence-electron chi connectivity index (χ3n) is 4.18. The molecule has 166 valence electrons. The van der Waals surface area contributed by atoms with Gasteiger partial charge in [0.15, 0.2) is 10.9 Å². The molecule has 0 spiro atoms. The van der Waals surface area contributed by atoms with Crippen LogP contribution in [-0.2, 0) is 4.79 Å². The molecule has 0 aliphatic carbocycles. The van der Waals surface area contributed by atoms with Crippen LogP contribution in [0, 0.1) is 0 Å². The van der Waals surface area contributed by atoms with Crippen LogP contribution in [0.4, 0.5) is 11.4 Å². The molecule has 2 aromatic carbocycles. The second kappa shape index (κ2) is 11.7. The highest BCUT2D eigenvalue weighted by Crippen LogP contribution is 2.34. The number of rotatable bonds is 8. The number of hydrogen-bond donors (Lipinski definition) is 3. The van der Waals surface area contributed by atoms with Crippen molar-refractivity contribution in [3.8, 4) is 11.5 Å². The monoisotopic (exact) mass is 483 g/mol. The second-order valence-corrected chi connectivity index (χ2v) is 7.67. The molecule has 0 fully saturated rings. The summed E-state index contributed by atoms with van der Waals surface area (Å²) in [5.41, 5.74) is 1.34. The molecule has 2 rings (SSSR count). The van der Waals surface area contributed by atoms with Crippen LogP contribution < -0.4 is 25.4 Å². The van der Waals surface area contributed by atoms with Crippen LogP contribution in [-0.4, -0.2) is 31.1 Å². The summed E-state index contributed by atoms with van der Waals surface area (Å²) in [6, 6.07) is 7.93. The maximum absolute atomic E-state index is 12.5. The molecule has 2 aromatic rings. The van der Waals surface area contributed by atoms with E-state index in [1.165, 1.54) is 26.4 Å². The van der Waals surface area contributed by atoms with Gasteiger partial charge in [0.05, 0.1) is 30.0 Å². The van der Waals surface area contributed by atoms with E-state index < -0.39 is 5.91 Å². The predicted molar refractivity (Wildman–Crippen MR) is 128 cm³/mol. The Morgan fingerprint density at radius 3 is 2.29 bits per heavy atom. The van der Waals surface area contributed by atoms with Gasteiger partial charge in [0.25, 0.3) is 5.91 Å². The van der Waals surface area contributed by atoms with Crippen molar-refractivity contribution in [1.82, 2.24) is 5.32 Å². The van der Waals surface area contributed by atoms with Crippen LogP contribution in [0.5, 0.6) is 11.5 Å². The van der Waals surface area contributed by atoms with Crippen molar-refractivity contribution in [3.63, 3.8) is 0 Å². The van der Waals surface area contributed by atoms with E-state index in [0.29, 0.717) is 23.5 Å². The Bertz CT molecular complexity index is 962. The van der Waals surface area contributed by atoms with Gasteiger partial charge in [-0.25, -0.2) is 0 Å². The molecule has 2 amide bonds. The van der Waals surface area contributed by atoms with Gasteiger partial charge in [-0.05, 0) is 42.9 Å². The molecule has 0 radical (unpaired) electrons. The summed E-state index contributed by atoms with van der Waals surface area (Å²) in [5.74, 6) is 0.170. The number of ether oxygens (including phenoxy) is 2. The number of amides is 2. The van der Waals surface area contributed by atoms with E-state index in [2.05, 4.69) is 16.0 Å². The third kappa shape index (κ3) is 6.99. The van der Waals surface area contributed by atoms with Gasteiger partial charge in [0.1, 0.15) is 5.75 Å². The van der Waals surface area contributed by atoms with E-state index >= 15 is 0 Å². The minimum atomic E-state index is -0.490. The number of halogens is 2. The molecular weight excluding hydrogens is 461 g/mol. The van der Waals surface area contributed by atoms with Crippen molar-refractivity contribution in [2.45, 2.75) is 26.2 Å². The lowest BCUT2D eigenvalue weighted by molar-refractivity contribution is -0.116. The number of unbranched alkanes of at least 4 members (excludes halogenated alkanes) is 1. The highest BCUT2D eigenvalue weighted by atomic mass is 35.5. The van der Waals surface area contributed by atoms with Crippen molar-refractivity contribution in [2.75, 3.05) is 24.9 Å². The van der Waals surface area contributed by atoms with Crippen molar-refractivity contribution < 1.29 is 19.1 Å². The number of thiocarbonyl (C=S) groups is 1. The van der Waals surface area contributed by atoms with Crippen LogP contribution in [0.1, 0.15) is 36.5 Å². The first-order valence-electron chi connectivity index (χ1n) is 9.42. The van der Waals surface area contributed by atoms with Gasteiger partial charge >= 0.3 is 0 Å². The molecule has 0 bridgehead atoms. The van der Waals surface area contributed by atoms with Crippen LogP contribution in [0.2, 0.25) is 10.0 Å². The second-order valence-electron chi connectivity index (χ2n) is 6.45. The lowest BCUT2D eigenvalue weighted by Gasteiger charge is -2.14. The van der Waals surface area contributed by atoms with Crippen LogP contribution in [0.15, 0.2) is 30.3 Å². The number of carbonyl (C=O) groups excluding carboxylic acids is 2. The first-order valence-corrected chi connectivity index (χ1v) is 10.6. The van der Waals surface area contributed by atoms with Gasteiger partial charge in [-0.2, -0.15) is 0 Å². The van der Waals surface area contributed by atoms with Crippen LogP contribution >= 0.6 is 35.4 Å². The largest absolute Gasteiger partial charge is 0.494 e. The number of nitrogens with one attached hydrogen (secondary N) is 3. The third-order valence-corrected chi connectivity index (χ3v) is 4.95. The highest BCUT2D eigenvalue weighted by molar-refractivity contribution is 7.80. The molecule has 0 saturated heterocycles. The maximum atomic E-state index is 12.5. The van der Waals surface area contributed by atoms with E-state index in [0.717, 1.165) is 12.8 Å². The fraction of sp³-hybridized carbons (Fsp3) is 0.286. The van der Waals surface area contributed by atoms with E-state index in [9.17, 15) is 9.59 Å². The average molecular weight is 484 g/mol. The lowest BCUT2D eigenvalue weighted by Crippen LogP contribution is -2.34. The number of carbonyl (C=O) groups is 2. The fourth-order valence-corrected chi connectivity index (χ4v) is 3.50. The molecule has 0 aliphatic heterocycles. The average Bonchev–Trinajstić information content (AvgIpc) is 2.72. The Labute approximate surface area is 196 Å². The summed E-state index contributed by atoms with van der Waals surface area (Å²) < 4.78 is 10.4. The highest BCUT2D eigenvalue weighted by Gasteiger charge is 2.15. The van der Waals surface area contributed by atoms with Crippen LogP contribution in [0.3, 0.4) is 0 Å². The normalized spacial score (nSPS) is 10.2. The first-order chi connectivity index (χ1) is 14.8. The zero-order valence-corrected chi connectivity index (χ0v) is 19.6. The first kappa shape index (κ1) is 24.7. The molecule has 0 unspecified atom stereocenters. The fourth-order valence-electron chi connectivity index (χ4n) is 2.65. The standard InChI is InChI=1S/C21H23Cl2N3O4S/c1-4-5-6-18(27)25-16-8-7-13(11-17(16)29-2)24-21(31)26-20(28)12-9-14(22)19(30-3)15(23)10-12/h7-11H,4-6H2,1-3H3,(H,25,27)(H2,24,26,28,31). The smallest absolute Gasteiger partial charge is 0.257 e. The molecule has 7 nitrogen and oxygen atoms in total. The lowest BCUT2D eigenvalue weighted by atomic mass is 10.2. The summed E-state index contributed by atoms with van der Waals surface area (Å²) in [5, 5.41) is 8.76. The molecule has 31 heavy (non-hydrogen) atoms. The zero-order valence-electron chi connectivity index (χ0n) is 17.3. The molecule has 0 aromatic heterocycles. The van der Waals surface area contributed by atoms with Crippen molar-refractivity contribution in [1.29, 1.82) is 0 Å². The minimum absolute atomic E-state index is 0.0647. The summed E-state index contributed by atoms with van der Waals surface area (Å²) >= 11 is 17.4. The zero-order chi connectivity index (χ0) is 23.0. The van der Waals surface area contributed by atoms with Crippen LogP contribution in [0.25, 0.3) is 0 Å². The summed E-state index contributed by atoms with van der Waals surface area (Å²) in [6.45, 7) is 2.02.